The number of hydrogen-bond donors (Lipinski definition) is 0. The van der Waals surface area contributed by atoms with Crippen molar-refractivity contribution in [1.29, 1.82) is 0 Å². The highest BCUT2D eigenvalue weighted by molar-refractivity contribution is 6.08. The molecule has 1 heteroatoms. The summed E-state index contributed by atoms with van der Waals surface area (Å²) in [5.41, 5.74) is 3.98. The highest BCUT2D eigenvalue weighted by atomic mass is 16.1. The maximum absolute atomic E-state index is 12.2. The summed E-state index contributed by atoms with van der Waals surface area (Å²) >= 11 is 0. The molecule has 0 atom stereocenters. The lowest BCUT2D eigenvalue weighted by molar-refractivity contribution is 0.103. The molecule has 18 heavy (non-hydrogen) atoms. The summed E-state index contributed by atoms with van der Waals surface area (Å²) in [7, 11) is 0. The summed E-state index contributed by atoms with van der Waals surface area (Å²) in [6.07, 6.45) is 2.20. The molecule has 2 rings (SSSR count). The Kier molecular flexibility index (Phi) is 3.93. The lowest BCUT2D eigenvalue weighted by Crippen LogP contribution is -2.01. The van der Waals surface area contributed by atoms with Crippen LogP contribution in [0, 0.1) is 6.92 Å². The average molecular weight is 238 g/mol. The number of benzene rings is 2. The van der Waals surface area contributed by atoms with E-state index in [1.54, 1.807) is 0 Å². The first-order valence-corrected chi connectivity index (χ1v) is 6.41. The van der Waals surface area contributed by atoms with Gasteiger partial charge in [-0.15, -0.1) is 0 Å². The van der Waals surface area contributed by atoms with Gasteiger partial charge in [0.15, 0.2) is 5.78 Å². The normalized spacial score (nSPS) is 10.3. The van der Waals surface area contributed by atoms with Crippen molar-refractivity contribution < 1.29 is 4.79 Å². The molecular formula is C17H18O. The van der Waals surface area contributed by atoms with Gasteiger partial charge in [0.05, 0.1) is 0 Å². The monoisotopic (exact) mass is 238 g/mol. The first-order valence-electron chi connectivity index (χ1n) is 6.41. The molecule has 0 bridgehead atoms. The molecule has 1 nitrogen and oxygen atoms in total. The van der Waals surface area contributed by atoms with Crippen LogP contribution in [0.25, 0.3) is 0 Å². The van der Waals surface area contributed by atoms with Crippen LogP contribution in [0.3, 0.4) is 0 Å². The molecule has 0 aliphatic carbocycles. The van der Waals surface area contributed by atoms with Crippen molar-refractivity contribution in [2.24, 2.45) is 0 Å². The summed E-state index contributed by atoms with van der Waals surface area (Å²) in [4.78, 5) is 12.2. The molecule has 0 saturated heterocycles. The number of carbonyl (C=O) groups excluding carboxylic acids is 1. The molecule has 0 fully saturated rings. The fourth-order valence-electron chi connectivity index (χ4n) is 1.98. The standard InChI is InChI=1S/C17H18O/c1-3-4-14-7-11-16(12-8-14)17(18)15-9-5-13(2)6-10-15/h5-12H,3-4H2,1-2H3. The number of aryl methyl sites for hydroxylation is 2. The molecule has 0 N–H and O–H groups in total. The minimum atomic E-state index is 0.0954. The number of carbonyl (C=O) groups is 1. The van der Waals surface area contributed by atoms with Crippen LogP contribution < -0.4 is 0 Å². The zero-order chi connectivity index (χ0) is 13.0. The molecular weight excluding hydrogens is 220 g/mol. The second-order valence-electron chi connectivity index (χ2n) is 4.64. The highest BCUT2D eigenvalue weighted by Crippen LogP contribution is 2.13. The Morgan fingerprint density at radius 2 is 1.39 bits per heavy atom. The molecule has 0 saturated carbocycles. The van der Waals surface area contributed by atoms with Crippen molar-refractivity contribution >= 4 is 5.78 Å². The van der Waals surface area contributed by atoms with Crippen LogP contribution in [-0.2, 0) is 6.42 Å². The van der Waals surface area contributed by atoms with Gasteiger partial charge >= 0.3 is 0 Å². The molecule has 0 unspecified atom stereocenters. The van der Waals surface area contributed by atoms with Gasteiger partial charge in [0.1, 0.15) is 0 Å². The fourth-order valence-corrected chi connectivity index (χ4v) is 1.98. The van der Waals surface area contributed by atoms with Crippen molar-refractivity contribution in [3.63, 3.8) is 0 Å². The van der Waals surface area contributed by atoms with Crippen LogP contribution in [0.15, 0.2) is 48.5 Å². The van der Waals surface area contributed by atoms with E-state index in [0.29, 0.717) is 0 Å². The zero-order valence-electron chi connectivity index (χ0n) is 10.9. The number of ketones is 1. The molecule has 92 valence electrons. The molecule has 2 aromatic rings. The SMILES string of the molecule is CCCc1ccc(C(=O)c2ccc(C)cc2)cc1. The van der Waals surface area contributed by atoms with Gasteiger partial charge in [0.25, 0.3) is 0 Å². The predicted octanol–water partition coefficient (Wildman–Crippen LogP) is 4.18. The first-order chi connectivity index (χ1) is 8.70. The third kappa shape index (κ3) is 2.86. The largest absolute Gasteiger partial charge is 0.289 e. The maximum Gasteiger partial charge on any atom is 0.193 e. The Morgan fingerprint density at radius 1 is 0.889 bits per heavy atom. The summed E-state index contributed by atoms with van der Waals surface area (Å²) in [5.74, 6) is 0.0954. The fraction of sp³-hybridized carbons (Fsp3) is 0.235. The third-order valence-corrected chi connectivity index (χ3v) is 3.07. The maximum atomic E-state index is 12.2. The number of hydrogen-bond acceptors (Lipinski definition) is 1. The molecule has 0 radical (unpaired) electrons. The van der Waals surface area contributed by atoms with E-state index in [-0.39, 0.29) is 5.78 Å². The second-order valence-corrected chi connectivity index (χ2v) is 4.64. The Bertz CT molecular complexity index is 521. The minimum Gasteiger partial charge on any atom is -0.289 e. The quantitative estimate of drug-likeness (QED) is 0.730. The van der Waals surface area contributed by atoms with Crippen molar-refractivity contribution in [3.8, 4) is 0 Å². The van der Waals surface area contributed by atoms with E-state index < -0.39 is 0 Å². The molecule has 0 spiro atoms. The van der Waals surface area contributed by atoms with Crippen molar-refractivity contribution in [2.45, 2.75) is 26.7 Å². The summed E-state index contributed by atoms with van der Waals surface area (Å²) < 4.78 is 0. The van der Waals surface area contributed by atoms with Gasteiger partial charge in [-0.3, -0.25) is 4.79 Å². The van der Waals surface area contributed by atoms with Gasteiger partial charge in [-0.05, 0) is 18.9 Å². The molecule has 0 aliphatic rings. The second kappa shape index (κ2) is 5.63. The summed E-state index contributed by atoms with van der Waals surface area (Å²) in [6.45, 7) is 4.18. The zero-order valence-corrected chi connectivity index (χ0v) is 10.9. The Hall–Kier alpha value is -1.89. The molecule has 0 amide bonds. The topological polar surface area (TPSA) is 17.1 Å². The van der Waals surface area contributed by atoms with Crippen LogP contribution in [-0.4, -0.2) is 5.78 Å². The predicted molar refractivity (Wildman–Crippen MR) is 75.0 cm³/mol. The Labute approximate surface area is 108 Å². The third-order valence-electron chi connectivity index (χ3n) is 3.07. The van der Waals surface area contributed by atoms with Gasteiger partial charge in [0.2, 0.25) is 0 Å². The van der Waals surface area contributed by atoms with E-state index in [2.05, 4.69) is 6.92 Å². The van der Waals surface area contributed by atoms with E-state index in [1.807, 2.05) is 55.5 Å². The molecule has 2 aromatic carbocycles. The van der Waals surface area contributed by atoms with Crippen LogP contribution in [0.2, 0.25) is 0 Å². The van der Waals surface area contributed by atoms with Gasteiger partial charge in [-0.2, -0.15) is 0 Å². The van der Waals surface area contributed by atoms with Crippen molar-refractivity contribution in [1.82, 2.24) is 0 Å². The lowest BCUT2D eigenvalue weighted by Gasteiger charge is -2.03. The van der Waals surface area contributed by atoms with Gasteiger partial charge < -0.3 is 0 Å². The lowest BCUT2D eigenvalue weighted by atomic mass is 10.0. The van der Waals surface area contributed by atoms with Crippen LogP contribution in [0.4, 0.5) is 0 Å². The molecule has 0 aliphatic heterocycles. The van der Waals surface area contributed by atoms with E-state index in [1.165, 1.54) is 11.1 Å². The summed E-state index contributed by atoms with van der Waals surface area (Å²) in [5, 5.41) is 0. The highest BCUT2D eigenvalue weighted by Gasteiger charge is 2.08. The van der Waals surface area contributed by atoms with Crippen LogP contribution >= 0.6 is 0 Å². The molecule has 0 aromatic heterocycles. The smallest absolute Gasteiger partial charge is 0.193 e. The van der Waals surface area contributed by atoms with E-state index in [9.17, 15) is 4.79 Å². The van der Waals surface area contributed by atoms with E-state index in [4.69, 9.17) is 0 Å². The van der Waals surface area contributed by atoms with Crippen molar-refractivity contribution in [3.05, 3.63) is 70.8 Å². The van der Waals surface area contributed by atoms with E-state index in [0.717, 1.165) is 24.0 Å². The average Bonchev–Trinajstić information content (AvgIpc) is 2.40. The van der Waals surface area contributed by atoms with Gasteiger partial charge in [-0.25, -0.2) is 0 Å². The summed E-state index contributed by atoms with van der Waals surface area (Å²) in [6, 6.07) is 15.7. The first kappa shape index (κ1) is 12.6. The minimum absolute atomic E-state index is 0.0954. The van der Waals surface area contributed by atoms with E-state index >= 15 is 0 Å². The molecule has 0 heterocycles. The Balaban J connectivity index is 2.20. The van der Waals surface area contributed by atoms with Crippen molar-refractivity contribution in [2.75, 3.05) is 0 Å². The Morgan fingerprint density at radius 3 is 1.89 bits per heavy atom. The number of rotatable bonds is 4. The van der Waals surface area contributed by atoms with Gasteiger partial charge in [-0.1, -0.05) is 67.4 Å². The van der Waals surface area contributed by atoms with Crippen LogP contribution in [0.1, 0.15) is 40.4 Å². The van der Waals surface area contributed by atoms with Crippen LogP contribution in [0.5, 0.6) is 0 Å². The van der Waals surface area contributed by atoms with Gasteiger partial charge in [0, 0.05) is 11.1 Å².